The number of thiazole rings is 1. The van der Waals surface area contributed by atoms with Gasteiger partial charge in [0, 0.05) is 23.2 Å². The van der Waals surface area contributed by atoms with Crippen molar-refractivity contribution >= 4 is 17.0 Å². The van der Waals surface area contributed by atoms with E-state index in [1.807, 2.05) is 13.1 Å². The fraction of sp³-hybridized carbons (Fsp3) is 0.357. The Kier molecular flexibility index (Phi) is 3.48. The Labute approximate surface area is 107 Å². The second kappa shape index (κ2) is 4.88. The first-order chi connectivity index (χ1) is 8.06. The zero-order valence-corrected chi connectivity index (χ0v) is 11.3. The van der Waals surface area contributed by atoms with Crippen LogP contribution in [0.25, 0.3) is 0 Å². The van der Waals surface area contributed by atoms with Crippen molar-refractivity contribution in [1.29, 1.82) is 0 Å². The maximum atomic E-state index is 6.10. The lowest BCUT2D eigenvalue weighted by atomic mass is 9.99. The van der Waals surface area contributed by atoms with Crippen molar-refractivity contribution in [2.75, 3.05) is 5.73 Å². The van der Waals surface area contributed by atoms with Crippen molar-refractivity contribution in [3.63, 3.8) is 0 Å². The van der Waals surface area contributed by atoms with Crippen molar-refractivity contribution in [2.24, 2.45) is 0 Å². The quantitative estimate of drug-likeness (QED) is 0.838. The number of anilines is 1. The van der Waals surface area contributed by atoms with Gasteiger partial charge < -0.3 is 5.73 Å². The van der Waals surface area contributed by atoms with E-state index in [1.54, 1.807) is 11.3 Å². The highest BCUT2D eigenvalue weighted by molar-refractivity contribution is 7.11. The summed E-state index contributed by atoms with van der Waals surface area (Å²) in [6.07, 6.45) is 2.82. The summed E-state index contributed by atoms with van der Waals surface area (Å²) in [5.41, 5.74) is 9.48. The van der Waals surface area contributed by atoms with Gasteiger partial charge in [0.15, 0.2) is 0 Å². The Balaban J connectivity index is 2.22. The summed E-state index contributed by atoms with van der Waals surface area (Å²) in [5.74, 6) is 0.525. The fourth-order valence-corrected chi connectivity index (χ4v) is 2.63. The highest BCUT2D eigenvalue weighted by atomic mass is 32.1. The van der Waals surface area contributed by atoms with E-state index in [4.69, 9.17) is 5.73 Å². The summed E-state index contributed by atoms with van der Waals surface area (Å²) >= 11 is 1.74. The minimum atomic E-state index is 0.525. The zero-order valence-electron chi connectivity index (χ0n) is 10.5. The van der Waals surface area contributed by atoms with Gasteiger partial charge in [-0.25, -0.2) is 4.98 Å². The molecule has 0 unspecified atom stereocenters. The summed E-state index contributed by atoms with van der Waals surface area (Å²) in [6, 6.07) is 6.40. The maximum Gasteiger partial charge on any atom is 0.0896 e. The molecule has 0 aliphatic rings. The van der Waals surface area contributed by atoms with Crippen molar-refractivity contribution < 1.29 is 0 Å². The fourth-order valence-electron chi connectivity index (χ4n) is 1.81. The van der Waals surface area contributed by atoms with Crippen LogP contribution >= 0.6 is 11.3 Å². The Morgan fingerprint density at radius 2 is 2.12 bits per heavy atom. The zero-order chi connectivity index (χ0) is 12.4. The number of aryl methyl sites for hydroxylation is 1. The standard InChI is InChI=1S/C14H18N2S/c1-9(2)11-4-5-12(14(15)7-11)6-13-8-16-10(3)17-13/h4-5,7-9H,6,15H2,1-3H3. The van der Waals surface area contributed by atoms with Gasteiger partial charge in [-0.2, -0.15) is 0 Å². The van der Waals surface area contributed by atoms with Crippen molar-refractivity contribution in [1.82, 2.24) is 4.98 Å². The second-order valence-electron chi connectivity index (χ2n) is 4.64. The molecule has 2 nitrogen and oxygen atoms in total. The molecule has 1 aromatic carbocycles. The summed E-state index contributed by atoms with van der Waals surface area (Å²) in [4.78, 5) is 5.54. The number of hydrogen-bond acceptors (Lipinski definition) is 3. The average Bonchev–Trinajstić information content (AvgIpc) is 2.67. The summed E-state index contributed by atoms with van der Waals surface area (Å²) in [6.45, 7) is 6.39. The van der Waals surface area contributed by atoms with Crippen LogP contribution in [-0.2, 0) is 6.42 Å². The van der Waals surface area contributed by atoms with E-state index >= 15 is 0 Å². The Bertz CT molecular complexity index is 515. The summed E-state index contributed by atoms with van der Waals surface area (Å²) in [5, 5.41) is 1.11. The van der Waals surface area contributed by atoms with Crippen LogP contribution in [-0.4, -0.2) is 4.98 Å². The topological polar surface area (TPSA) is 38.9 Å². The number of benzene rings is 1. The number of aromatic nitrogens is 1. The van der Waals surface area contributed by atoms with Crippen LogP contribution in [0.5, 0.6) is 0 Å². The van der Waals surface area contributed by atoms with Gasteiger partial charge in [0.25, 0.3) is 0 Å². The molecule has 0 aliphatic heterocycles. The van der Waals surface area contributed by atoms with E-state index in [-0.39, 0.29) is 0 Å². The molecule has 0 bridgehead atoms. The smallest absolute Gasteiger partial charge is 0.0896 e. The van der Waals surface area contributed by atoms with Crippen LogP contribution in [0.15, 0.2) is 24.4 Å². The third-order valence-electron chi connectivity index (χ3n) is 2.87. The van der Waals surface area contributed by atoms with Crippen molar-refractivity contribution in [2.45, 2.75) is 33.1 Å². The van der Waals surface area contributed by atoms with Crippen molar-refractivity contribution in [3.8, 4) is 0 Å². The van der Waals surface area contributed by atoms with Gasteiger partial charge in [-0.1, -0.05) is 26.0 Å². The molecule has 90 valence electrons. The molecule has 2 N–H and O–H groups in total. The van der Waals surface area contributed by atoms with Gasteiger partial charge >= 0.3 is 0 Å². The molecule has 3 heteroatoms. The van der Waals surface area contributed by atoms with Crippen LogP contribution in [0.3, 0.4) is 0 Å². The lowest BCUT2D eigenvalue weighted by Crippen LogP contribution is -1.97. The molecule has 0 saturated heterocycles. The minimum absolute atomic E-state index is 0.525. The predicted molar refractivity (Wildman–Crippen MR) is 74.6 cm³/mol. The Hall–Kier alpha value is -1.35. The molecule has 0 spiro atoms. The van der Waals surface area contributed by atoms with E-state index in [2.05, 4.69) is 37.0 Å². The van der Waals surface area contributed by atoms with Crippen LogP contribution < -0.4 is 5.73 Å². The first-order valence-corrected chi connectivity index (χ1v) is 6.67. The SMILES string of the molecule is Cc1ncc(Cc2ccc(C(C)C)cc2N)s1. The number of nitrogens with two attached hydrogens (primary N) is 1. The molecule has 1 aromatic heterocycles. The highest BCUT2D eigenvalue weighted by Crippen LogP contribution is 2.24. The van der Waals surface area contributed by atoms with Gasteiger partial charge in [0.05, 0.1) is 5.01 Å². The molecule has 1 heterocycles. The largest absolute Gasteiger partial charge is 0.398 e. The molecule has 0 saturated carbocycles. The molecule has 0 amide bonds. The molecular formula is C14H18N2S. The van der Waals surface area contributed by atoms with E-state index in [1.165, 1.54) is 16.0 Å². The number of nitrogen functional groups attached to an aromatic ring is 1. The lowest BCUT2D eigenvalue weighted by Gasteiger charge is -2.09. The molecule has 0 atom stereocenters. The molecule has 0 radical (unpaired) electrons. The van der Waals surface area contributed by atoms with Crippen LogP contribution in [0.2, 0.25) is 0 Å². The van der Waals surface area contributed by atoms with E-state index < -0.39 is 0 Å². The molecule has 2 aromatic rings. The third kappa shape index (κ3) is 2.86. The van der Waals surface area contributed by atoms with Gasteiger partial charge in [0.2, 0.25) is 0 Å². The molecule has 2 rings (SSSR count). The van der Waals surface area contributed by atoms with E-state index in [0.29, 0.717) is 5.92 Å². The number of hydrogen-bond donors (Lipinski definition) is 1. The minimum Gasteiger partial charge on any atom is -0.398 e. The van der Waals surface area contributed by atoms with E-state index in [0.717, 1.165) is 17.1 Å². The van der Waals surface area contributed by atoms with Gasteiger partial charge in [-0.05, 0) is 30.0 Å². The first kappa shape index (κ1) is 12.1. The highest BCUT2D eigenvalue weighted by Gasteiger charge is 2.06. The van der Waals surface area contributed by atoms with Gasteiger partial charge in [-0.3, -0.25) is 0 Å². The van der Waals surface area contributed by atoms with Crippen LogP contribution in [0, 0.1) is 6.92 Å². The van der Waals surface area contributed by atoms with Gasteiger partial charge in [-0.15, -0.1) is 11.3 Å². The lowest BCUT2D eigenvalue weighted by molar-refractivity contribution is 0.866. The van der Waals surface area contributed by atoms with Gasteiger partial charge in [0.1, 0.15) is 0 Å². The monoisotopic (exact) mass is 246 g/mol. The maximum absolute atomic E-state index is 6.10. The molecule has 0 fully saturated rings. The van der Waals surface area contributed by atoms with Crippen molar-refractivity contribution in [3.05, 3.63) is 45.4 Å². The Morgan fingerprint density at radius 3 is 2.65 bits per heavy atom. The van der Waals surface area contributed by atoms with E-state index in [9.17, 15) is 0 Å². The predicted octanol–water partition coefficient (Wildman–Crippen LogP) is 3.75. The average molecular weight is 246 g/mol. The Morgan fingerprint density at radius 1 is 1.35 bits per heavy atom. The molecule has 0 aliphatic carbocycles. The molecule has 17 heavy (non-hydrogen) atoms. The number of nitrogens with zero attached hydrogens (tertiary/aromatic N) is 1. The second-order valence-corrected chi connectivity index (χ2v) is 5.95. The summed E-state index contributed by atoms with van der Waals surface area (Å²) in [7, 11) is 0. The normalized spacial score (nSPS) is 11.1. The summed E-state index contributed by atoms with van der Waals surface area (Å²) < 4.78 is 0. The third-order valence-corrected chi connectivity index (χ3v) is 3.78. The molecular weight excluding hydrogens is 228 g/mol. The van der Waals surface area contributed by atoms with Crippen LogP contribution in [0.1, 0.15) is 40.8 Å². The first-order valence-electron chi connectivity index (χ1n) is 5.86. The number of rotatable bonds is 3. The van der Waals surface area contributed by atoms with Crippen LogP contribution in [0.4, 0.5) is 5.69 Å².